The molecule has 0 heterocycles. The average molecular weight is 305 g/mol. The van der Waals surface area contributed by atoms with Gasteiger partial charge in [-0.05, 0) is 37.1 Å². The van der Waals surface area contributed by atoms with E-state index >= 15 is 0 Å². The van der Waals surface area contributed by atoms with Crippen LogP contribution < -0.4 is 20.7 Å². The van der Waals surface area contributed by atoms with Crippen LogP contribution in [0.1, 0.15) is 32.1 Å². The Morgan fingerprint density at radius 3 is 2.45 bits per heavy atom. The number of carbonyl (C=O) groups excluding carboxylic acids is 2. The van der Waals surface area contributed by atoms with Crippen LogP contribution in [0.3, 0.4) is 0 Å². The zero-order valence-corrected chi connectivity index (χ0v) is 12.9. The second-order valence-corrected chi connectivity index (χ2v) is 5.44. The highest BCUT2D eigenvalue weighted by Gasteiger charge is 2.15. The fraction of sp³-hybridized carbons (Fsp3) is 0.500. The molecule has 0 atom stereocenters. The smallest absolute Gasteiger partial charge is 0.319 e. The number of hydrogen-bond donors (Lipinski definition) is 3. The van der Waals surface area contributed by atoms with E-state index in [0.717, 1.165) is 31.4 Å². The first kappa shape index (κ1) is 16.1. The van der Waals surface area contributed by atoms with Crippen molar-refractivity contribution in [2.24, 2.45) is 0 Å². The Labute approximate surface area is 130 Å². The molecule has 3 N–H and O–H groups in total. The molecule has 0 aromatic heterocycles. The summed E-state index contributed by atoms with van der Waals surface area (Å²) in [5.74, 6) is 0.578. The second-order valence-electron chi connectivity index (χ2n) is 5.44. The van der Waals surface area contributed by atoms with Crippen molar-refractivity contribution in [3.8, 4) is 5.75 Å². The van der Waals surface area contributed by atoms with Crippen LogP contribution in [0.15, 0.2) is 24.3 Å². The molecule has 2 rings (SSSR count). The Morgan fingerprint density at radius 1 is 1.14 bits per heavy atom. The fourth-order valence-electron chi connectivity index (χ4n) is 2.54. The van der Waals surface area contributed by atoms with Crippen LogP contribution in [-0.2, 0) is 4.79 Å². The number of benzene rings is 1. The van der Waals surface area contributed by atoms with Gasteiger partial charge in [0.1, 0.15) is 5.75 Å². The molecule has 6 nitrogen and oxygen atoms in total. The SMILES string of the molecule is COc1ccc(NC(=O)NCC(=O)NC2CCCCC2)cc1. The van der Waals surface area contributed by atoms with E-state index in [1.807, 2.05) is 0 Å². The second kappa shape index (κ2) is 8.26. The third kappa shape index (κ3) is 5.27. The quantitative estimate of drug-likeness (QED) is 0.780. The van der Waals surface area contributed by atoms with Gasteiger partial charge in [-0.1, -0.05) is 19.3 Å². The highest BCUT2D eigenvalue weighted by molar-refractivity contribution is 5.92. The van der Waals surface area contributed by atoms with Crippen LogP contribution in [0, 0.1) is 0 Å². The lowest BCUT2D eigenvalue weighted by Crippen LogP contribution is -2.43. The molecular weight excluding hydrogens is 282 g/mol. The lowest BCUT2D eigenvalue weighted by Gasteiger charge is -2.22. The standard InChI is InChI=1S/C16H23N3O3/c1-22-14-9-7-13(8-10-14)19-16(21)17-11-15(20)18-12-5-3-2-4-6-12/h7-10,12H,2-6,11H2,1H3,(H,18,20)(H2,17,19,21). The van der Waals surface area contributed by atoms with Gasteiger partial charge in [-0.3, -0.25) is 4.79 Å². The predicted octanol–water partition coefficient (Wildman–Crippen LogP) is 2.27. The monoisotopic (exact) mass is 305 g/mol. The number of rotatable bonds is 5. The van der Waals surface area contributed by atoms with Gasteiger partial charge >= 0.3 is 6.03 Å². The van der Waals surface area contributed by atoms with Crippen LogP contribution in [-0.4, -0.2) is 31.6 Å². The minimum absolute atomic E-state index is 0.0154. The van der Waals surface area contributed by atoms with Gasteiger partial charge in [0, 0.05) is 11.7 Å². The van der Waals surface area contributed by atoms with Crippen LogP contribution in [0.25, 0.3) is 0 Å². The molecule has 0 bridgehead atoms. The zero-order valence-electron chi connectivity index (χ0n) is 12.9. The number of carbonyl (C=O) groups is 2. The van der Waals surface area contributed by atoms with Crippen molar-refractivity contribution in [2.75, 3.05) is 19.0 Å². The minimum atomic E-state index is -0.399. The molecule has 1 fully saturated rings. The number of methoxy groups -OCH3 is 1. The maximum atomic E-state index is 11.8. The fourth-order valence-corrected chi connectivity index (χ4v) is 2.54. The first-order chi connectivity index (χ1) is 10.7. The predicted molar refractivity (Wildman–Crippen MR) is 85.0 cm³/mol. The summed E-state index contributed by atoms with van der Waals surface area (Å²) in [4.78, 5) is 23.5. The van der Waals surface area contributed by atoms with Crippen molar-refractivity contribution in [3.63, 3.8) is 0 Å². The van der Waals surface area contributed by atoms with Gasteiger partial charge in [0.05, 0.1) is 13.7 Å². The van der Waals surface area contributed by atoms with Crippen LogP contribution in [0.5, 0.6) is 5.75 Å². The Balaban J connectivity index is 1.68. The summed E-state index contributed by atoms with van der Waals surface area (Å²) in [7, 11) is 1.58. The Kier molecular flexibility index (Phi) is 6.06. The molecule has 0 saturated heterocycles. The first-order valence-corrected chi connectivity index (χ1v) is 7.65. The maximum Gasteiger partial charge on any atom is 0.319 e. The molecule has 3 amide bonds. The lowest BCUT2D eigenvalue weighted by atomic mass is 9.95. The Hall–Kier alpha value is -2.24. The lowest BCUT2D eigenvalue weighted by molar-refractivity contribution is -0.120. The summed E-state index contributed by atoms with van der Waals surface area (Å²) in [5.41, 5.74) is 0.644. The van der Waals surface area contributed by atoms with Gasteiger partial charge in [-0.25, -0.2) is 4.79 Å². The van der Waals surface area contributed by atoms with E-state index < -0.39 is 6.03 Å². The molecule has 1 aromatic carbocycles. The van der Waals surface area contributed by atoms with Gasteiger partial charge in [0.2, 0.25) is 5.91 Å². The summed E-state index contributed by atoms with van der Waals surface area (Å²) in [6.45, 7) is -0.0154. The number of anilines is 1. The van der Waals surface area contributed by atoms with Gasteiger partial charge in [0.25, 0.3) is 0 Å². The third-order valence-corrected chi connectivity index (χ3v) is 3.73. The number of amides is 3. The Morgan fingerprint density at radius 2 is 1.82 bits per heavy atom. The molecule has 1 aliphatic rings. The third-order valence-electron chi connectivity index (χ3n) is 3.73. The molecule has 22 heavy (non-hydrogen) atoms. The van der Waals surface area contributed by atoms with E-state index in [4.69, 9.17) is 4.74 Å². The van der Waals surface area contributed by atoms with Crippen molar-refractivity contribution in [2.45, 2.75) is 38.1 Å². The molecule has 0 radical (unpaired) electrons. The molecule has 6 heteroatoms. The van der Waals surface area contributed by atoms with Crippen molar-refractivity contribution in [3.05, 3.63) is 24.3 Å². The van der Waals surface area contributed by atoms with Gasteiger partial charge in [0.15, 0.2) is 0 Å². The summed E-state index contributed by atoms with van der Waals surface area (Å²) < 4.78 is 5.04. The van der Waals surface area contributed by atoms with Gasteiger partial charge < -0.3 is 20.7 Å². The molecule has 1 aromatic rings. The van der Waals surface area contributed by atoms with Crippen molar-refractivity contribution in [1.29, 1.82) is 0 Å². The van der Waals surface area contributed by atoms with E-state index in [-0.39, 0.29) is 18.5 Å². The van der Waals surface area contributed by atoms with E-state index in [0.29, 0.717) is 5.69 Å². The van der Waals surface area contributed by atoms with E-state index in [2.05, 4.69) is 16.0 Å². The molecular formula is C16H23N3O3. The molecule has 0 aliphatic heterocycles. The number of hydrogen-bond acceptors (Lipinski definition) is 3. The van der Waals surface area contributed by atoms with Crippen LogP contribution >= 0.6 is 0 Å². The minimum Gasteiger partial charge on any atom is -0.497 e. The van der Waals surface area contributed by atoms with Crippen LogP contribution in [0.2, 0.25) is 0 Å². The normalized spacial score (nSPS) is 15.0. The summed E-state index contributed by atoms with van der Waals surface area (Å²) in [5, 5.41) is 8.18. The van der Waals surface area contributed by atoms with E-state index in [1.54, 1.807) is 31.4 Å². The molecule has 120 valence electrons. The van der Waals surface area contributed by atoms with Crippen molar-refractivity contribution < 1.29 is 14.3 Å². The largest absolute Gasteiger partial charge is 0.497 e. The summed E-state index contributed by atoms with van der Waals surface area (Å²) in [6.07, 6.45) is 5.63. The molecule has 0 unspecified atom stereocenters. The van der Waals surface area contributed by atoms with Crippen LogP contribution in [0.4, 0.5) is 10.5 Å². The molecule has 0 spiro atoms. The van der Waals surface area contributed by atoms with Gasteiger partial charge in [-0.2, -0.15) is 0 Å². The molecule has 1 aliphatic carbocycles. The zero-order chi connectivity index (χ0) is 15.8. The topological polar surface area (TPSA) is 79.5 Å². The highest BCUT2D eigenvalue weighted by Crippen LogP contribution is 2.17. The van der Waals surface area contributed by atoms with E-state index in [1.165, 1.54) is 6.42 Å². The highest BCUT2D eigenvalue weighted by atomic mass is 16.5. The Bertz CT molecular complexity index is 496. The van der Waals surface area contributed by atoms with Gasteiger partial charge in [-0.15, -0.1) is 0 Å². The number of urea groups is 1. The summed E-state index contributed by atoms with van der Waals surface area (Å²) in [6, 6.07) is 6.84. The maximum absolute atomic E-state index is 11.8. The summed E-state index contributed by atoms with van der Waals surface area (Å²) >= 11 is 0. The van der Waals surface area contributed by atoms with Crippen molar-refractivity contribution in [1.82, 2.24) is 10.6 Å². The van der Waals surface area contributed by atoms with Crippen molar-refractivity contribution >= 4 is 17.6 Å². The number of ether oxygens (including phenoxy) is 1. The average Bonchev–Trinajstić information content (AvgIpc) is 2.55. The molecule has 1 saturated carbocycles. The first-order valence-electron chi connectivity index (χ1n) is 7.65. The number of nitrogens with one attached hydrogen (secondary N) is 3. The van der Waals surface area contributed by atoms with E-state index in [9.17, 15) is 9.59 Å².